The summed E-state index contributed by atoms with van der Waals surface area (Å²) in [5, 5.41) is 19.9. The highest BCUT2D eigenvalue weighted by molar-refractivity contribution is 7.91. The van der Waals surface area contributed by atoms with Gasteiger partial charge in [-0.2, -0.15) is 5.26 Å². The van der Waals surface area contributed by atoms with Crippen molar-refractivity contribution in [3.63, 3.8) is 0 Å². The Balaban J connectivity index is 0.552. The fourth-order valence-corrected chi connectivity index (χ4v) is 17.6. The number of piperidine rings is 1. The van der Waals surface area contributed by atoms with Crippen LogP contribution in [-0.4, -0.2) is 162 Å². The molecule has 6 aliphatic rings. The predicted molar refractivity (Wildman–Crippen MR) is 352 cm³/mol. The van der Waals surface area contributed by atoms with E-state index in [-0.39, 0.29) is 82.8 Å². The van der Waals surface area contributed by atoms with Gasteiger partial charge >= 0.3 is 6.03 Å². The summed E-state index contributed by atoms with van der Waals surface area (Å²) in [6.07, 6.45) is 8.89. The lowest BCUT2D eigenvalue weighted by molar-refractivity contribution is -0.131. The summed E-state index contributed by atoms with van der Waals surface area (Å²) in [6, 6.07) is 21.8. The molecule has 0 spiro atoms. The van der Waals surface area contributed by atoms with E-state index in [1.54, 1.807) is 58.3 Å². The molecule has 0 saturated carbocycles. The number of benzene rings is 4. The van der Waals surface area contributed by atoms with Gasteiger partial charge in [0.05, 0.1) is 45.8 Å². The third-order valence-corrected chi connectivity index (χ3v) is 22.9. The molecule has 4 amide bonds. The van der Waals surface area contributed by atoms with E-state index in [1.807, 2.05) is 12.1 Å². The van der Waals surface area contributed by atoms with Crippen LogP contribution in [0.5, 0.6) is 11.5 Å². The lowest BCUT2D eigenvalue weighted by atomic mass is 9.97. The van der Waals surface area contributed by atoms with Crippen molar-refractivity contribution in [2.45, 2.75) is 163 Å². The highest BCUT2D eigenvalue weighted by atomic mass is 35.5. The minimum absolute atomic E-state index is 0.0258. The predicted octanol–water partition coefficient (Wildman–Crippen LogP) is 9.50. The Kier molecular flexibility index (Phi) is 23.3. The van der Waals surface area contributed by atoms with Gasteiger partial charge in [0, 0.05) is 113 Å². The highest BCUT2D eigenvalue weighted by Gasteiger charge is 2.43. The van der Waals surface area contributed by atoms with Crippen LogP contribution in [0.2, 0.25) is 10.0 Å². The number of rotatable bonds is 27. The number of urea groups is 1. The van der Waals surface area contributed by atoms with Crippen molar-refractivity contribution in [1.29, 1.82) is 5.26 Å². The first kappa shape index (κ1) is 68.5. The molecule has 4 heterocycles. The molecule has 24 heteroatoms. The van der Waals surface area contributed by atoms with Gasteiger partial charge in [-0.3, -0.25) is 24.2 Å². The SMILES string of the molecule is [C-]#[N+]c1cc(Cl)cc2c1C[C@H](N1CCC[C@H](C)C1)[C@H]2Oc1ccc(S(=O)(=O)C[C@H]2CCN(C(=O)CCCCC(=O)CCCCCNC(=O)NCCCC(=O)N3CC[C@H](NS(=O)(=O)c4ccc(O[C@H]5c6cc(Cl)cc(C#N)c6C[C@@H]5N5CCN[C@H](C)C5)cc4)C3)C2)cc1. The van der Waals surface area contributed by atoms with E-state index in [9.17, 15) is 41.3 Å². The second-order valence-electron chi connectivity index (χ2n) is 26.0. The van der Waals surface area contributed by atoms with Gasteiger partial charge in [-0.25, -0.2) is 31.2 Å². The molecule has 8 atom stereocenters. The Morgan fingerprint density at radius 1 is 0.674 bits per heavy atom. The largest absolute Gasteiger partial charge is 0.484 e. The number of carbonyl (C=O) groups excluding carboxylic acids is 4. The monoisotopic (exact) mass is 1340 g/mol. The topological polar surface area (TPSA) is 244 Å². The molecular formula is C68H86Cl2N10O10S2. The number of unbranched alkanes of at least 4 members (excludes halogenated alkanes) is 3. The molecule has 2 aliphatic carbocycles. The van der Waals surface area contributed by atoms with Crippen LogP contribution >= 0.6 is 23.2 Å². The molecular weight excluding hydrogens is 1250 g/mol. The zero-order chi connectivity index (χ0) is 65.1. The minimum Gasteiger partial charge on any atom is -0.484 e. The van der Waals surface area contributed by atoms with Crippen molar-refractivity contribution >= 4 is 72.4 Å². The first-order chi connectivity index (χ1) is 44.2. The normalized spacial score (nSPS) is 23.3. The van der Waals surface area contributed by atoms with Crippen LogP contribution in [0.3, 0.4) is 0 Å². The van der Waals surface area contributed by atoms with Gasteiger partial charge in [-0.05, 0) is 191 Å². The summed E-state index contributed by atoms with van der Waals surface area (Å²) >= 11 is 13.0. The third-order valence-electron chi connectivity index (χ3n) is 19.0. The zero-order valence-electron chi connectivity index (χ0n) is 52.7. The quantitative estimate of drug-likeness (QED) is 0.0321. The van der Waals surface area contributed by atoms with Crippen LogP contribution in [0.4, 0.5) is 10.5 Å². The molecule has 4 fully saturated rings. The number of nitrogens with zero attached hydrogens (tertiary/aromatic N) is 6. The summed E-state index contributed by atoms with van der Waals surface area (Å²) in [5.41, 5.74) is 4.72. The smallest absolute Gasteiger partial charge is 0.314 e. The summed E-state index contributed by atoms with van der Waals surface area (Å²) in [6.45, 7) is 18.8. The van der Waals surface area contributed by atoms with Crippen molar-refractivity contribution in [2.75, 3.05) is 77.7 Å². The number of likely N-dealkylation sites (tertiary alicyclic amines) is 3. The number of ether oxygens (including phenoxy) is 2. The maximum Gasteiger partial charge on any atom is 0.314 e. The van der Waals surface area contributed by atoms with E-state index in [2.05, 4.69) is 55.2 Å². The Morgan fingerprint density at radius 2 is 1.26 bits per heavy atom. The fraction of sp³-hybridized carbons (Fsp3) is 0.559. The van der Waals surface area contributed by atoms with E-state index in [0.717, 1.165) is 67.8 Å². The number of nitriles is 1. The number of halogens is 2. The van der Waals surface area contributed by atoms with E-state index < -0.39 is 32.0 Å². The number of amides is 4. The van der Waals surface area contributed by atoms with Crippen molar-refractivity contribution in [2.24, 2.45) is 11.8 Å². The number of sulfone groups is 1. The molecule has 10 rings (SSSR count). The van der Waals surface area contributed by atoms with Crippen molar-refractivity contribution in [3.05, 3.63) is 122 Å². The number of ketones is 1. The molecule has 4 aromatic rings. The Morgan fingerprint density at radius 3 is 1.92 bits per heavy atom. The van der Waals surface area contributed by atoms with Gasteiger partial charge in [-0.15, -0.1) is 0 Å². The van der Waals surface area contributed by atoms with Gasteiger partial charge in [0.1, 0.15) is 29.5 Å². The molecule has 0 aromatic heterocycles. The maximum absolute atomic E-state index is 13.7. The van der Waals surface area contributed by atoms with Gasteiger partial charge < -0.3 is 35.2 Å². The molecule has 0 radical (unpaired) electrons. The molecule has 4 aliphatic heterocycles. The number of hydrogen-bond donors (Lipinski definition) is 4. The van der Waals surface area contributed by atoms with Gasteiger partial charge in [-0.1, -0.05) is 36.5 Å². The summed E-state index contributed by atoms with van der Waals surface area (Å²) in [7, 11) is -7.58. The Bertz CT molecular complexity index is 3390. The van der Waals surface area contributed by atoms with Crippen LogP contribution in [0.1, 0.15) is 144 Å². The zero-order valence-corrected chi connectivity index (χ0v) is 55.8. The molecule has 0 bridgehead atoms. The molecule has 4 aromatic carbocycles. The van der Waals surface area contributed by atoms with E-state index in [1.165, 1.54) is 18.6 Å². The summed E-state index contributed by atoms with van der Waals surface area (Å²) in [5.74, 6) is 1.31. The number of nitrogens with one attached hydrogen (secondary N) is 4. The van der Waals surface area contributed by atoms with E-state index in [0.29, 0.717) is 148 Å². The van der Waals surface area contributed by atoms with Crippen LogP contribution < -0.4 is 30.1 Å². The number of Topliss-reactive ketones (excluding diaryl/α,β-unsaturated/α-hetero) is 1. The van der Waals surface area contributed by atoms with E-state index in [4.69, 9.17) is 39.2 Å². The number of sulfonamides is 1. The molecule has 4 saturated heterocycles. The number of piperazine rings is 1. The van der Waals surface area contributed by atoms with Crippen LogP contribution in [0.15, 0.2) is 82.6 Å². The van der Waals surface area contributed by atoms with Gasteiger partial charge in [0.25, 0.3) is 0 Å². The number of hydrogen-bond acceptors (Lipinski definition) is 14. The molecule has 92 heavy (non-hydrogen) atoms. The van der Waals surface area contributed by atoms with Gasteiger partial charge in [0.2, 0.25) is 21.8 Å². The average molecular weight is 1340 g/mol. The third kappa shape index (κ3) is 17.5. The number of carbonyl (C=O) groups is 4. The molecule has 494 valence electrons. The van der Waals surface area contributed by atoms with Crippen LogP contribution in [0, 0.1) is 29.7 Å². The van der Waals surface area contributed by atoms with Crippen molar-refractivity contribution < 1.29 is 45.5 Å². The first-order valence-electron chi connectivity index (χ1n) is 32.7. The van der Waals surface area contributed by atoms with Crippen molar-refractivity contribution in [1.82, 2.24) is 40.3 Å². The van der Waals surface area contributed by atoms with Crippen LogP contribution in [0.25, 0.3) is 4.85 Å². The Labute approximate surface area is 552 Å². The molecule has 20 nitrogen and oxygen atoms in total. The van der Waals surface area contributed by atoms with Crippen molar-refractivity contribution in [3.8, 4) is 17.6 Å². The standard InChI is InChI=1S/C68H86Cl2N10O10S2/c1-45-11-10-29-77(40-45)63-38-58-60(35-50(70)36-61(58)72-3)67(63)90-53-16-20-55(21-17-53)91(85,86)44-47-24-30-79(42-47)64(82)14-7-6-13-52(81)12-5-4-8-26-74-68(84)75-27-9-15-65(83)80-31-25-51(43-80)76-92(87,88)56-22-18-54(19-23-56)89-66-59-34-49(69)33-48(39-71)57(59)37-62(66)78-32-28-73-46(2)41-78/h16-23,33-36,45-47,51,62-63,66-67,73,76H,4-15,24-32,37-38,40-44H2,1-2H3,(H2,74,75,84)/t45-,46+,47-,51-,62-,63-,66-,67-/m0/s1. The average Bonchev–Trinajstić information content (AvgIpc) is 1.62. The maximum atomic E-state index is 13.7. The lowest BCUT2D eigenvalue weighted by Gasteiger charge is -2.38. The molecule has 4 N–H and O–H groups in total. The van der Waals surface area contributed by atoms with E-state index >= 15 is 0 Å². The Hall–Kier alpha value is -6.34. The number of fused-ring (bicyclic) bond motifs is 2. The second kappa shape index (κ2) is 31.3. The molecule has 0 unspecified atom stereocenters. The summed E-state index contributed by atoms with van der Waals surface area (Å²) in [4.78, 5) is 63.6. The lowest BCUT2D eigenvalue weighted by Crippen LogP contribution is -2.54. The van der Waals surface area contributed by atoms with Gasteiger partial charge in [0.15, 0.2) is 15.5 Å². The fourth-order valence-electron chi connectivity index (χ4n) is 14.3. The second-order valence-corrected chi connectivity index (χ2v) is 30.6. The first-order valence-corrected chi connectivity index (χ1v) is 36.6. The summed E-state index contributed by atoms with van der Waals surface area (Å²) < 4.78 is 70.4. The minimum atomic E-state index is -3.92. The van der Waals surface area contributed by atoms with Crippen LogP contribution in [-0.2, 0) is 47.1 Å². The highest BCUT2D eigenvalue weighted by Crippen LogP contribution is 2.46.